The molecule has 1 aliphatic rings. The highest BCUT2D eigenvalue weighted by atomic mass is 32.1. The molecule has 1 aromatic carbocycles. The van der Waals surface area contributed by atoms with Crippen molar-refractivity contribution in [3.8, 4) is 22.9 Å². The third kappa shape index (κ3) is 4.78. The van der Waals surface area contributed by atoms with Gasteiger partial charge >= 0.3 is 0 Å². The second-order valence-corrected chi connectivity index (χ2v) is 8.13. The largest absolute Gasteiger partial charge is 0.439 e. The molecule has 1 aliphatic heterocycles. The Balaban J connectivity index is 1.51. The third-order valence-corrected chi connectivity index (χ3v) is 6.12. The topological polar surface area (TPSA) is 102 Å². The monoisotopic (exact) mass is 449 g/mol. The van der Waals surface area contributed by atoms with Crippen LogP contribution in [0.3, 0.4) is 0 Å². The summed E-state index contributed by atoms with van der Waals surface area (Å²) in [6, 6.07) is 12.9. The van der Waals surface area contributed by atoms with Crippen LogP contribution in [0.1, 0.15) is 16.6 Å². The second-order valence-electron chi connectivity index (χ2n) is 7.15. The Morgan fingerprint density at radius 2 is 1.84 bits per heavy atom. The van der Waals surface area contributed by atoms with Crippen molar-refractivity contribution in [3.63, 3.8) is 0 Å². The number of aromatic nitrogens is 2. The number of nitrogens with two attached hydrogens (primary N) is 1. The van der Waals surface area contributed by atoms with Crippen molar-refractivity contribution >= 4 is 28.3 Å². The molecular formula is C23H23N5O3S. The van der Waals surface area contributed by atoms with Crippen molar-refractivity contribution in [3.05, 3.63) is 65.7 Å². The number of piperazine rings is 1. The molecule has 1 saturated heterocycles. The van der Waals surface area contributed by atoms with Crippen LogP contribution in [0.15, 0.2) is 60.8 Å². The molecule has 2 amide bonds. The number of pyridine rings is 1. The van der Waals surface area contributed by atoms with Crippen LogP contribution in [0.25, 0.3) is 11.3 Å². The van der Waals surface area contributed by atoms with Crippen LogP contribution in [-0.2, 0) is 4.79 Å². The van der Waals surface area contributed by atoms with Crippen molar-refractivity contribution in [2.45, 2.75) is 6.92 Å². The van der Waals surface area contributed by atoms with Gasteiger partial charge in [0.15, 0.2) is 5.13 Å². The molecule has 0 atom stereocenters. The summed E-state index contributed by atoms with van der Waals surface area (Å²) in [6.07, 6.45) is 4.93. The molecule has 32 heavy (non-hydrogen) atoms. The van der Waals surface area contributed by atoms with E-state index in [4.69, 9.17) is 15.5 Å². The molecule has 3 heterocycles. The first-order valence-corrected chi connectivity index (χ1v) is 11.0. The summed E-state index contributed by atoms with van der Waals surface area (Å²) in [5.41, 5.74) is 6.82. The van der Waals surface area contributed by atoms with E-state index >= 15 is 0 Å². The number of nitrogens with zero attached hydrogens (tertiary/aromatic N) is 4. The average molecular weight is 450 g/mol. The van der Waals surface area contributed by atoms with E-state index in [1.165, 1.54) is 11.3 Å². The summed E-state index contributed by atoms with van der Waals surface area (Å²) in [5, 5.41) is 0.705. The van der Waals surface area contributed by atoms with Gasteiger partial charge in [0.2, 0.25) is 11.8 Å². The van der Waals surface area contributed by atoms with E-state index in [0.717, 1.165) is 0 Å². The SMILES string of the molecule is CC=CC(=O)N1CCN(c2nc(-c3ccc(Oc4ccccc4)nc3)c(C(N)=O)s2)CC1. The summed E-state index contributed by atoms with van der Waals surface area (Å²) < 4.78 is 5.73. The third-order valence-electron chi connectivity index (χ3n) is 4.99. The van der Waals surface area contributed by atoms with E-state index < -0.39 is 5.91 Å². The molecule has 0 unspecified atom stereocenters. The Morgan fingerprint density at radius 1 is 1.09 bits per heavy atom. The van der Waals surface area contributed by atoms with Gasteiger partial charge in [0.1, 0.15) is 10.6 Å². The number of hydrogen-bond acceptors (Lipinski definition) is 7. The van der Waals surface area contributed by atoms with E-state index in [9.17, 15) is 9.59 Å². The van der Waals surface area contributed by atoms with Crippen molar-refractivity contribution in [2.24, 2.45) is 5.73 Å². The Hall–Kier alpha value is -3.72. The normalized spacial score (nSPS) is 14.0. The Bertz CT molecular complexity index is 1120. The molecule has 1 fully saturated rings. The zero-order valence-electron chi connectivity index (χ0n) is 17.6. The lowest BCUT2D eigenvalue weighted by molar-refractivity contribution is -0.126. The summed E-state index contributed by atoms with van der Waals surface area (Å²) in [7, 11) is 0. The molecule has 4 rings (SSSR count). The number of anilines is 1. The number of primary amides is 1. The lowest BCUT2D eigenvalue weighted by Crippen LogP contribution is -2.48. The molecule has 0 aliphatic carbocycles. The van der Waals surface area contributed by atoms with Gasteiger partial charge in [-0.05, 0) is 31.2 Å². The fourth-order valence-corrected chi connectivity index (χ4v) is 4.35. The molecule has 3 aromatic rings. The summed E-state index contributed by atoms with van der Waals surface area (Å²) in [5.74, 6) is 0.607. The van der Waals surface area contributed by atoms with Gasteiger partial charge in [0.05, 0.1) is 5.69 Å². The minimum atomic E-state index is -0.532. The first kappa shape index (κ1) is 21.5. The molecule has 8 nitrogen and oxygen atoms in total. The van der Waals surface area contributed by atoms with Crippen LogP contribution in [0.2, 0.25) is 0 Å². The molecule has 9 heteroatoms. The van der Waals surface area contributed by atoms with Crippen LogP contribution in [0.5, 0.6) is 11.6 Å². The fourth-order valence-electron chi connectivity index (χ4n) is 3.36. The van der Waals surface area contributed by atoms with Gasteiger partial charge in [0.25, 0.3) is 5.91 Å². The van der Waals surface area contributed by atoms with Crippen LogP contribution in [0.4, 0.5) is 5.13 Å². The number of para-hydroxylation sites is 1. The number of allylic oxidation sites excluding steroid dienone is 1. The maximum atomic E-state index is 12.1. The van der Waals surface area contributed by atoms with Crippen LogP contribution >= 0.6 is 11.3 Å². The zero-order valence-corrected chi connectivity index (χ0v) is 18.4. The second kappa shape index (κ2) is 9.61. The van der Waals surface area contributed by atoms with Crippen LogP contribution in [0, 0.1) is 0 Å². The predicted octanol–water partition coefficient (Wildman–Crippen LogP) is 3.32. The smallest absolute Gasteiger partial charge is 0.261 e. The predicted molar refractivity (Wildman–Crippen MR) is 124 cm³/mol. The molecule has 0 bridgehead atoms. The van der Waals surface area contributed by atoms with Crippen LogP contribution in [-0.4, -0.2) is 52.9 Å². The molecule has 164 valence electrons. The minimum Gasteiger partial charge on any atom is -0.439 e. The molecule has 2 aromatic heterocycles. The Kier molecular flexibility index (Phi) is 6.46. The number of amides is 2. The van der Waals surface area contributed by atoms with Gasteiger partial charge in [0, 0.05) is 44.0 Å². The van der Waals surface area contributed by atoms with E-state index in [2.05, 4.69) is 9.88 Å². The number of thiazole rings is 1. The number of carbonyl (C=O) groups excluding carboxylic acids is 2. The number of hydrogen-bond donors (Lipinski definition) is 1. The summed E-state index contributed by atoms with van der Waals surface area (Å²) in [6.45, 7) is 4.28. The highest BCUT2D eigenvalue weighted by Crippen LogP contribution is 2.34. The number of benzene rings is 1. The van der Waals surface area contributed by atoms with E-state index in [-0.39, 0.29) is 5.91 Å². The lowest BCUT2D eigenvalue weighted by Gasteiger charge is -2.34. The van der Waals surface area contributed by atoms with Gasteiger partial charge in [-0.25, -0.2) is 9.97 Å². The maximum absolute atomic E-state index is 12.1. The van der Waals surface area contributed by atoms with Crippen molar-refractivity contribution in [2.75, 3.05) is 31.1 Å². The standard InChI is InChI=1S/C23H23N5O3S/c1-2-6-19(29)27-11-13-28(14-12-27)23-26-20(21(32-23)22(24)30)16-9-10-18(25-15-16)31-17-7-4-3-5-8-17/h2-10,15H,11-14H2,1H3,(H2,24,30). The minimum absolute atomic E-state index is 0.00804. The highest BCUT2D eigenvalue weighted by molar-refractivity contribution is 7.18. The summed E-state index contributed by atoms with van der Waals surface area (Å²) >= 11 is 1.26. The van der Waals surface area contributed by atoms with Crippen molar-refractivity contribution in [1.82, 2.24) is 14.9 Å². The molecule has 2 N–H and O–H groups in total. The van der Waals surface area contributed by atoms with E-state index in [1.54, 1.807) is 29.3 Å². The van der Waals surface area contributed by atoms with Crippen molar-refractivity contribution < 1.29 is 14.3 Å². The Morgan fingerprint density at radius 3 is 2.47 bits per heavy atom. The molecular weight excluding hydrogens is 426 g/mol. The first-order valence-electron chi connectivity index (χ1n) is 10.2. The number of ether oxygens (including phenoxy) is 1. The maximum Gasteiger partial charge on any atom is 0.261 e. The van der Waals surface area contributed by atoms with E-state index in [1.807, 2.05) is 43.3 Å². The highest BCUT2D eigenvalue weighted by Gasteiger charge is 2.25. The number of carbonyl (C=O) groups is 2. The van der Waals surface area contributed by atoms with Gasteiger partial charge in [-0.1, -0.05) is 35.6 Å². The van der Waals surface area contributed by atoms with Gasteiger partial charge in [-0.15, -0.1) is 0 Å². The lowest BCUT2D eigenvalue weighted by atomic mass is 10.2. The first-order chi connectivity index (χ1) is 15.5. The number of rotatable bonds is 6. The fraction of sp³-hybridized carbons (Fsp3) is 0.217. The van der Waals surface area contributed by atoms with Crippen molar-refractivity contribution in [1.29, 1.82) is 0 Å². The van der Waals surface area contributed by atoms with Crippen LogP contribution < -0.4 is 15.4 Å². The summed E-state index contributed by atoms with van der Waals surface area (Å²) in [4.78, 5) is 37.4. The molecule has 0 radical (unpaired) electrons. The molecule has 0 saturated carbocycles. The Labute approximate surface area is 190 Å². The zero-order chi connectivity index (χ0) is 22.5. The van der Waals surface area contributed by atoms with Gasteiger partial charge in [-0.3, -0.25) is 9.59 Å². The average Bonchev–Trinajstić information content (AvgIpc) is 3.26. The van der Waals surface area contributed by atoms with Gasteiger partial charge < -0.3 is 20.3 Å². The quantitative estimate of drug-likeness (QED) is 0.579. The van der Waals surface area contributed by atoms with E-state index in [0.29, 0.717) is 59.1 Å². The molecule has 0 spiro atoms. The van der Waals surface area contributed by atoms with Gasteiger partial charge in [-0.2, -0.15) is 0 Å².